The molecular formula is C17H20N2O. The third kappa shape index (κ3) is 3.38. The highest BCUT2D eigenvalue weighted by atomic mass is 16.7. The molecule has 0 saturated carbocycles. The first-order valence-corrected chi connectivity index (χ1v) is 7.19. The zero-order chi connectivity index (χ0) is 13.6. The molecule has 3 heteroatoms. The van der Waals surface area contributed by atoms with Gasteiger partial charge in [-0.1, -0.05) is 48.5 Å². The van der Waals surface area contributed by atoms with Crippen LogP contribution in [0.3, 0.4) is 0 Å². The van der Waals surface area contributed by atoms with Gasteiger partial charge in [0, 0.05) is 13.1 Å². The summed E-state index contributed by atoms with van der Waals surface area (Å²) in [4.78, 5) is 5.95. The molecular weight excluding hydrogens is 248 g/mol. The van der Waals surface area contributed by atoms with Crippen molar-refractivity contribution in [3.63, 3.8) is 0 Å². The summed E-state index contributed by atoms with van der Waals surface area (Å²) in [5.74, 6) is 0.904. The molecule has 0 aromatic heterocycles. The molecule has 0 spiro atoms. The fourth-order valence-corrected chi connectivity index (χ4v) is 2.50. The Labute approximate surface area is 120 Å². The minimum Gasteiger partial charge on any atom is -0.404 e. The molecule has 3 nitrogen and oxygen atoms in total. The zero-order valence-electron chi connectivity index (χ0n) is 11.5. The van der Waals surface area contributed by atoms with Crippen molar-refractivity contribution in [2.45, 2.75) is 25.6 Å². The molecule has 1 unspecified atom stereocenters. The molecule has 3 rings (SSSR count). The molecule has 0 radical (unpaired) electrons. The van der Waals surface area contributed by atoms with Crippen molar-refractivity contribution in [1.82, 2.24) is 10.4 Å². The van der Waals surface area contributed by atoms with Crippen LogP contribution in [0.4, 0.5) is 0 Å². The van der Waals surface area contributed by atoms with E-state index in [1.807, 2.05) is 36.4 Å². The number of hydrogen-bond donors (Lipinski definition) is 1. The lowest BCUT2D eigenvalue weighted by Crippen LogP contribution is -2.42. The Balaban J connectivity index is 1.56. The summed E-state index contributed by atoms with van der Waals surface area (Å²) >= 11 is 0. The minimum absolute atomic E-state index is 0.287. The molecule has 104 valence electrons. The minimum atomic E-state index is 0.287. The van der Waals surface area contributed by atoms with Crippen molar-refractivity contribution in [2.24, 2.45) is 0 Å². The summed E-state index contributed by atoms with van der Waals surface area (Å²) in [5.41, 5.74) is 1.30. The van der Waals surface area contributed by atoms with E-state index in [4.69, 9.17) is 4.84 Å². The smallest absolute Gasteiger partial charge is 0.147 e. The first kappa shape index (κ1) is 13.2. The molecule has 1 N–H and O–H groups in total. The summed E-state index contributed by atoms with van der Waals surface area (Å²) in [6.45, 7) is 1.85. The quantitative estimate of drug-likeness (QED) is 0.901. The van der Waals surface area contributed by atoms with Crippen molar-refractivity contribution in [2.75, 3.05) is 6.54 Å². The Morgan fingerprint density at radius 1 is 1.00 bits per heavy atom. The van der Waals surface area contributed by atoms with Crippen LogP contribution < -0.4 is 10.2 Å². The third-order valence-corrected chi connectivity index (χ3v) is 3.55. The van der Waals surface area contributed by atoms with Crippen LogP contribution in [-0.2, 0) is 6.54 Å². The van der Waals surface area contributed by atoms with E-state index in [0.717, 1.165) is 25.3 Å². The average Bonchev–Trinajstić information content (AvgIpc) is 2.94. The van der Waals surface area contributed by atoms with Gasteiger partial charge in [0.25, 0.3) is 0 Å². The first-order chi connectivity index (χ1) is 9.92. The summed E-state index contributed by atoms with van der Waals surface area (Å²) in [5, 5.41) is 5.62. The maximum absolute atomic E-state index is 5.95. The molecule has 1 fully saturated rings. The summed E-state index contributed by atoms with van der Waals surface area (Å²) < 4.78 is 0. The Kier molecular flexibility index (Phi) is 4.31. The molecule has 2 aromatic carbocycles. The van der Waals surface area contributed by atoms with E-state index in [1.54, 1.807) is 0 Å². The first-order valence-electron chi connectivity index (χ1n) is 7.19. The Morgan fingerprint density at radius 3 is 2.45 bits per heavy atom. The van der Waals surface area contributed by atoms with Crippen molar-refractivity contribution in [3.05, 3.63) is 66.2 Å². The molecule has 1 heterocycles. The molecule has 0 bridgehead atoms. The van der Waals surface area contributed by atoms with Crippen LogP contribution in [0.15, 0.2) is 60.7 Å². The van der Waals surface area contributed by atoms with Crippen LogP contribution in [0.1, 0.15) is 18.4 Å². The SMILES string of the molecule is c1ccc(CNC2CCCN2Oc2ccccc2)cc1. The third-order valence-electron chi connectivity index (χ3n) is 3.55. The van der Waals surface area contributed by atoms with Gasteiger partial charge in [-0.15, -0.1) is 5.06 Å². The summed E-state index contributed by atoms with van der Waals surface area (Å²) in [6, 6.07) is 20.5. The average molecular weight is 268 g/mol. The molecule has 20 heavy (non-hydrogen) atoms. The normalized spacial score (nSPS) is 19.1. The van der Waals surface area contributed by atoms with Gasteiger partial charge in [0.2, 0.25) is 0 Å². The van der Waals surface area contributed by atoms with E-state index >= 15 is 0 Å². The summed E-state index contributed by atoms with van der Waals surface area (Å²) in [7, 11) is 0. The van der Waals surface area contributed by atoms with Gasteiger partial charge in [-0.3, -0.25) is 5.32 Å². The molecule has 1 saturated heterocycles. The second-order valence-corrected chi connectivity index (χ2v) is 5.07. The number of nitrogens with one attached hydrogen (secondary N) is 1. The highest BCUT2D eigenvalue weighted by Gasteiger charge is 2.25. The van der Waals surface area contributed by atoms with Gasteiger partial charge in [0.1, 0.15) is 5.75 Å². The number of nitrogens with zero attached hydrogens (tertiary/aromatic N) is 1. The van der Waals surface area contributed by atoms with Crippen LogP contribution in [-0.4, -0.2) is 17.8 Å². The van der Waals surface area contributed by atoms with Crippen molar-refractivity contribution < 1.29 is 4.84 Å². The lowest BCUT2D eigenvalue weighted by molar-refractivity contribution is -0.0803. The van der Waals surface area contributed by atoms with Crippen LogP contribution in [0.25, 0.3) is 0 Å². The zero-order valence-corrected chi connectivity index (χ0v) is 11.5. The lowest BCUT2D eigenvalue weighted by atomic mass is 10.2. The number of hydrogen-bond acceptors (Lipinski definition) is 3. The van der Waals surface area contributed by atoms with E-state index < -0.39 is 0 Å². The number of hydroxylamine groups is 2. The van der Waals surface area contributed by atoms with Crippen LogP contribution in [0.5, 0.6) is 5.75 Å². The maximum Gasteiger partial charge on any atom is 0.147 e. The van der Waals surface area contributed by atoms with Gasteiger partial charge in [-0.2, -0.15) is 0 Å². The molecule has 1 atom stereocenters. The second kappa shape index (κ2) is 6.55. The lowest BCUT2D eigenvalue weighted by Gasteiger charge is -2.25. The van der Waals surface area contributed by atoms with Gasteiger partial charge in [0.05, 0.1) is 6.17 Å². The van der Waals surface area contributed by atoms with Gasteiger partial charge >= 0.3 is 0 Å². The molecule has 0 aliphatic carbocycles. The monoisotopic (exact) mass is 268 g/mol. The predicted octanol–water partition coefficient (Wildman–Crippen LogP) is 3.19. The number of para-hydroxylation sites is 1. The van der Waals surface area contributed by atoms with Gasteiger partial charge < -0.3 is 4.84 Å². The maximum atomic E-state index is 5.95. The van der Waals surface area contributed by atoms with E-state index in [9.17, 15) is 0 Å². The van der Waals surface area contributed by atoms with Crippen molar-refractivity contribution in [3.8, 4) is 5.75 Å². The Bertz CT molecular complexity index is 515. The largest absolute Gasteiger partial charge is 0.404 e. The highest BCUT2D eigenvalue weighted by molar-refractivity contribution is 5.20. The Hall–Kier alpha value is -1.84. The fourth-order valence-electron chi connectivity index (χ4n) is 2.50. The van der Waals surface area contributed by atoms with Gasteiger partial charge in [-0.25, -0.2) is 0 Å². The standard InChI is InChI=1S/C17H20N2O/c1-3-8-15(9-4-1)14-18-17-12-7-13-19(17)20-16-10-5-2-6-11-16/h1-6,8-11,17-18H,7,12-14H2. The van der Waals surface area contributed by atoms with Crippen molar-refractivity contribution in [1.29, 1.82) is 0 Å². The molecule has 1 aliphatic rings. The molecule has 2 aromatic rings. The molecule has 0 amide bonds. The van der Waals surface area contributed by atoms with E-state index in [0.29, 0.717) is 0 Å². The van der Waals surface area contributed by atoms with E-state index in [1.165, 1.54) is 12.0 Å². The van der Waals surface area contributed by atoms with Crippen LogP contribution >= 0.6 is 0 Å². The second-order valence-electron chi connectivity index (χ2n) is 5.07. The Morgan fingerprint density at radius 2 is 1.70 bits per heavy atom. The number of rotatable bonds is 5. The molecule has 1 aliphatic heterocycles. The topological polar surface area (TPSA) is 24.5 Å². The fraction of sp³-hybridized carbons (Fsp3) is 0.294. The predicted molar refractivity (Wildman–Crippen MR) is 80.1 cm³/mol. The van der Waals surface area contributed by atoms with E-state index in [-0.39, 0.29) is 6.17 Å². The highest BCUT2D eigenvalue weighted by Crippen LogP contribution is 2.19. The van der Waals surface area contributed by atoms with Crippen molar-refractivity contribution >= 4 is 0 Å². The van der Waals surface area contributed by atoms with E-state index in [2.05, 4.69) is 34.6 Å². The number of benzene rings is 2. The van der Waals surface area contributed by atoms with Gasteiger partial charge in [-0.05, 0) is 30.5 Å². The van der Waals surface area contributed by atoms with Crippen LogP contribution in [0.2, 0.25) is 0 Å². The van der Waals surface area contributed by atoms with Gasteiger partial charge in [0.15, 0.2) is 0 Å². The summed E-state index contributed by atoms with van der Waals surface area (Å²) in [6.07, 6.45) is 2.58. The van der Waals surface area contributed by atoms with Crippen LogP contribution in [0, 0.1) is 0 Å².